The number of aliphatic imine (C=N–C) groups is 1. The van der Waals surface area contributed by atoms with Crippen molar-refractivity contribution in [1.82, 2.24) is 0 Å². The van der Waals surface area contributed by atoms with Crippen molar-refractivity contribution in [3.05, 3.63) is 0 Å². The number of nitrogens with zero attached hydrogens (tertiary/aromatic N) is 1. The van der Waals surface area contributed by atoms with Gasteiger partial charge in [0.15, 0.2) is 0 Å². The van der Waals surface area contributed by atoms with Crippen LogP contribution < -0.4 is 0 Å². The molecule has 0 aromatic heterocycles. The van der Waals surface area contributed by atoms with E-state index < -0.39 is 17.7 Å². The topological polar surface area (TPSA) is 76.0 Å². The van der Waals surface area contributed by atoms with E-state index in [0.717, 1.165) is 0 Å². The lowest BCUT2D eigenvalue weighted by Crippen LogP contribution is -2.26. The van der Waals surface area contributed by atoms with Crippen LogP contribution in [-0.4, -0.2) is 28.5 Å². The zero-order valence-corrected chi connectivity index (χ0v) is 11.3. The van der Waals surface area contributed by atoms with Gasteiger partial charge in [0.2, 0.25) is 0 Å². The van der Waals surface area contributed by atoms with E-state index in [-0.39, 0.29) is 17.5 Å². The molecule has 0 unspecified atom stereocenters. The minimum atomic E-state index is -1.19. The maximum Gasteiger partial charge on any atom is 0.434 e. The first-order valence-corrected chi connectivity index (χ1v) is 5.44. The second kappa shape index (κ2) is 5.29. The lowest BCUT2D eigenvalue weighted by atomic mass is 9.89. The van der Waals surface area contributed by atoms with Gasteiger partial charge in [-0.15, -0.1) is 0 Å². The van der Waals surface area contributed by atoms with Crippen LogP contribution in [0.3, 0.4) is 0 Å². The van der Waals surface area contributed by atoms with Gasteiger partial charge in [-0.2, -0.15) is 4.99 Å². The van der Waals surface area contributed by atoms with Crippen LogP contribution in [0, 0.1) is 5.41 Å². The van der Waals surface area contributed by atoms with Crippen molar-refractivity contribution >= 4 is 17.8 Å². The number of aliphatic carboxylic acids is 1. The summed E-state index contributed by atoms with van der Waals surface area (Å²) < 4.78 is 4.94. The molecule has 0 saturated heterocycles. The van der Waals surface area contributed by atoms with E-state index in [1.807, 2.05) is 20.8 Å². The molecule has 5 heteroatoms. The Morgan fingerprint density at radius 2 is 1.59 bits per heavy atom. The Bertz CT molecular complexity index is 331. The van der Waals surface area contributed by atoms with E-state index in [0.29, 0.717) is 0 Å². The third kappa shape index (κ3) is 8.42. The van der Waals surface area contributed by atoms with E-state index in [2.05, 4.69) is 4.99 Å². The van der Waals surface area contributed by atoms with Crippen molar-refractivity contribution in [1.29, 1.82) is 0 Å². The largest absolute Gasteiger partial charge is 0.477 e. The third-order valence-corrected chi connectivity index (χ3v) is 1.56. The van der Waals surface area contributed by atoms with E-state index in [1.165, 1.54) is 0 Å². The van der Waals surface area contributed by atoms with Gasteiger partial charge in [0.05, 0.1) is 0 Å². The summed E-state index contributed by atoms with van der Waals surface area (Å²) in [6, 6.07) is 0. The van der Waals surface area contributed by atoms with Gasteiger partial charge in [-0.1, -0.05) is 20.8 Å². The predicted octanol–water partition coefficient (Wildman–Crippen LogP) is 2.88. The molecule has 0 fully saturated rings. The molecule has 0 bridgehead atoms. The molecule has 0 aromatic carbocycles. The number of carboxylic acids is 1. The average Bonchev–Trinajstić information content (AvgIpc) is 1.95. The van der Waals surface area contributed by atoms with Gasteiger partial charge < -0.3 is 9.84 Å². The van der Waals surface area contributed by atoms with Gasteiger partial charge in [-0.25, -0.2) is 9.59 Å². The molecule has 0 radical (unpaired) electrons. The van der Waals surface area contributed by atoms with Crippen molar-refractivity contribution in [3.8, 4) is 0 Å². The highest BCUT2D eigenvalue weighted by atomic mass is 16.6. The standard InChI is InChI=1S/C12H21NO4/c1-11(2,3)7-8(9(14)15)13-10(16)17-12(4,5)6/h7H2,1-6H3,(H,14,15). The van der Waals surface area contributed by atoms with Gasteiger partial charge in [-0.05, 0) is 26.2 Å². The molecular weight excluding hydrogens is 222 g/mol. The normalized spacial score (nSPS) is 13.4. The summed E-state index contributed by atoms with van der Waals surface area (Å²) in [5, 5.41) is 8.95. The van der Waals surface area contributed by atoms with Gasteiger partial charge in [0.25, 0.3) is 0 Å². The minimum Gasteiger partial charge on any atom is -0.477 e. The third-order valence-electron chi connectivity index (χ3n) is 1.56. The lowest BCUT2D eigenvalue weighted by Gasteiger charge is -2.19. The van der Waals surface area contributed by atoms with Crippen LogP contribution in [0.5, 0.6) is 0 Å². The summed E-state index contributed by atoms with van der Waals surface area (Å²) in [6.07, 6.45) is -0.652. The number of carbonyl (C=O) groups is 2. The van der Waals surface area contributed by atoms with Crippen LogP contribution in [0.25, 0.3) is 0 Å². The van der Waals surface area contributed by atoms with E-state index in [4.69, 9.17) is 9.84 Å². The fourth-order valence-corrected chi connectivity index (χ4v) is 1.06. The molecule has 1 N–H and O–H groups in total. The van der Waals surface area contributed by atoms with Crippen molar-refractivity contribution in [3.63, 3.8) is 0 Å². The van der Waals surface area contributed by atoms with E-state index in [9.17, 15) is 9.59 Å². The molecule has 0 aliphatic heterocycles. The first-order valence-electron chi connectivity index (χ1n) is 5.44. The summed E-state index contributed by atoms with van der Waals surface area (Å²) in [5.74, 6) is -1.19. The van der Waals surface area contributed by atoms with Gasteiger partial charge in [-0.3, -0.25) is 0 Å². The smallest absolute Gasteiger partial charge is 0.434 e. The molecule has 0 rings (SSSR count). The van der Waals surface area contributed by atoms with Gasteiger partial charge >= 0.3 is 12.1 Å². The summed E-state index contributed by atoms with van der Waals surface area (Å²) in [6.45, 7) is 10.7. The second-order valence-electron chi connectivity index (χ2n) is 6.08. The SMILES string of the molecule is CC(C)(C)CC(=NC(=O)OC(C)(C)C)C(=O)O. The Balaban J connectivity index is 4.84. The van der Waals surface area contributed by atoms with Crippen LogP contribution >= 0.6 is 0 Å². The Labute approximate surface area is 102 Å². The summed E-state index contributed by atoms with van der Waals surface area (Å²) >= 11 is 0. The van der Waals surface area contributed by atoms with Crippen molar-refractivity contribution < 1.29 is 19.4 Å². The van der Waals surface area contributed by atoms with Crippen LogP contribution in [0.1, 0.15) is 48.0 Å². The Morgan fingerprint density at radius 3 is 1.88 bits per heavy atom. The summed E-state index contributed by atoms with van der Waals surface area (Å²) in [5.41, 5.74) is -1.10. The highest BCUT2D eigenvalue weighted by Gasteiger charge is 2.22. The number of carboxylic acid groups (broad SMARTS) is 1. The fourth-order valence-electron chi connectivity index (χ4n) is 1.06. The highest BCUT2D eigenvalue weighted by Crippen LogP contribution is 2.20. The Kier molecular flexibility index (Phi) is 4.86. The quantitative estimate of drug-likeness (QED) is 0.756. The molecule has 1 amide bonds. The number of carbonyl (C=O) groups excluding carboxylic acids is 1. The van der Waals surface area contributed by atoms with Gasteiger partial charge in [0.1, 0.15) is 11.3 Å². The molecule has 17 heavy (non-hydrogen) atoms. The van der Waals surface area contributed by atoms with Crippen molar-refractivity contribution in [2.45, 2.75) is 53.6 Å². The first-order chi connectivity index (χ1) is 7.41. The molecule has 0 aliphatic rings. The van der Waals surface area contributed by atoms with Crippen LogP contribution in [-0.2, 0) is 9.53 Å². The molecule has 0 heterocycles. The van der Waals surface area contributed by atoms with Gasteiger partial charge in [0, 0.05) is 6.42 Å². The highest BCUT2D eigenvalue weighted by molar-refractivity contribution is 6.37. The second-order valence-corrected chi connectivity index (χ2v) is 6.08. The summed E-state index contributed by atoms with van der Waals surface area (Å²) in [7, 11) is 0. The molecule has 98 valence electrons. The van der Waals surface area contributed by atoms with Crippen LogP contribution in [0.15, 0.2) is 4.99 Å². The molecule has 0 spiro atoms. The molecule has 0 aromatic rings. The van der Waals surface area contributed by atoms with Crippen LogP contribution in [0.2, 0.25) is 0 Å². The number of ether oxygens (including phenoxy) is 1. The number of rotatable bonds is 2. The number of hydrogen-bond donors (Lipinski definition) is 1. The maximum absolute atomic E-state index is 11.4. The monoisotopic (exact) mass is 243 g/mol. The fraction of sp³-hybridized carbons (Fsp3) is 0.750. The van der Waals surface area contributed by atoms with E-state index in [1.54, 1.807) is 20.8 Å². The lowest BCUT2D eigenvalue weighted by molar-refractivity contribution is -0.129. The molecule has 5 nitrogen and oxygen atoms in total. The first kappa shape index (κ1) is 15.6. The maximum atomic E-state index is 11.4. The Hall–Kier alpha value is -1.39. The minimum absolute atomic E-state index is 0.174. The molecular formula is C12H21NO4. The molecule has 0 aliphatic carbocycles. The zero-order chi connectivity index (χ0) is 13.9. The van der Waals surface area contributed by atoms with Crippen LogP contribution in [0.4, 0.5) is 4.79 Å². The zero-order valence-electron chi connectivity index (χ0n) is 11.3. The molecule has 0 saturated carbocycles. The average molecular weight is 243 g/mol. The molecule has 0 atom stereocenters. The van der Waals surface area contributed by atoms with Crippen molar-refractivity contribution in [2.24, 2.45) is 10.4 Å². The summed E-state index contributed by atoms with van der Waals surface area (Å²) in [4.78, 5) is 25.8. The number of hydrogen-bond acceptors (Lipinski definition) is 3. The van der Waals surface area contributed by atoms with Crippen molar-refractivity contribution in [2.75, 3.05) is 0 Å². The Morgan fingerprint density at radius 1 is 1.12 bits per heavy atom. The number of amides is 1. The van der Waals surface area contributed by atoms with E-state index >= 15 is 0 Å². The predicted molar refractivity (Wildman–Crippen MR) is 65.4 cm³/mol.